The Balaban J connectivity index is 3.70. The lowest BCUT2D eigenvalue weighted by atomic mass is 10.0. The van der Waals surface area contributed by atoms with Gasteiger partial charge in [-0.1, -0.05) is 168 Å². The van der Waals surface area contributed by atoms with E-state index in [-0.39, 0.29) is 18.1 Å². The number of unbranched alkanes of at least 4 members (excludes halogenated alkanes) is 24. The van der Waals surface area contributed by atoms with Crippen LogP contribution in [0.15, 0.2) is 0 Å². The van der Waals surface area contributed by atoms with Crippen molar-refractivity contribution in [3.63, 3.8) is 0 Å². The number of ketones is 1. The molecule has 0 aromatic carbocycles. The van der Waals surface area contributed by atoms with E-state index in [0.717, 1.165) is 32.1 Å². The fraction of sp³-hybridized carbons (Fsp3) is 0.912. The Morgan fingerprint density at radius 3 is 1.05 bits per heavy atom. The van der Waals surface area contributed by atoms with Crippen molar-refractivity contribution in [1.29, 1.82) is 0 Å². The largest absolute Gasteiger partial charge is 0.479 e. The highest BCUT2D eigenvalue weighted by Crippen LogP contribution is 2.15. The zero-order valence-corrected chi connectivity index (χ0v) is 26.0. The molecule has 5 heteroatoms. The number of aliphatic carboxylic acids is 1. The van der Waals surface area contributed by atoms with Gasteiger partial charge >= 0.3 is 5.97 Å². The van der Waals surface area contributed by atoms with E-state index in [1.807, 2.05) is 0 Å². The molecule has 1 unspecified atom stereocenters. The average molecular weight is 552 g/mol. The lowest BCUT2D eigenvalue weighted by molar-refractivity contribution is -0.146. The number of carboxylic acids is 1. The molecule has 1 amide bonds. The van der Waals surface area contributed by atoms with Crippen LogP contribution in [0.1, 0.15) is 194 Å². The molecule has 39 heavy (non-hydrogen) atoms. The molecule has 2 N–H and O–H groups in total. The highest BCUT2D eigenvalue weighted by Gasteiger charge is 2.27. The van der Waals surface area contributed by atoms with E-state index in [1.54, 1.807) is 0 Å². The van der Waals surface area contributed by atoms with Gasteiger partial charge in [0.05, 0.1) is 0 Å². The molecule has 0 radical (unpaired) electrons. The minimum absolute atomic E-state index is 0.230. The second-order valence-electron chi connectivity index (χ2n) is 11.8. The molecular weight excluding hydrogens is 486 g/mol. The molecule has 0 aromatic heterocycles. The number of hydrogen-bond acceptors (Lipinski definition) is 3. The summed E-state index contributed by atoms with van der Waals surface area (Å²) in [5.41, 5.74) is 0. The van der Waals surface area contributed by atoms with E-state index in [1.165, 1.54) is 128 Å². The van der Waals surface area contributed by atoms with Gasteiger partial charge in [0.1, 0.15) is 0 Å². The van der Waals surface area contributed by atoms with Gasteiger partial charge in [-0.05, 0) is 12.8 Å². The summed E-state index contributed by atoms with van der Waals surface area (Å²) in [6, 6.07) is -1.39. The number of carbonyl (C=O) groups excluding carboxylic acids is 2. The number of hydrogen-bond donors (Lipinski definition) is 2. The quantitative estimate of drug-likeness (QED) is 0.0663. The lowest BCUT2D eigenvalue weighted by Gasteiger charge is -2.13. The van der Waals surface area contributed by atoms with Crippen LogP contribution < -0.4 is 5.32 Å². The number of amides is 1. The smallest absolute Gasteiger partial charge is 0.334 e. The molecule has 230 valence electrons. The molecule has 0 fully saturated rings. The third kappa shape index (κ3) is 26.6. The first-order valence-corrected chi connectivity index (χ1v) is 17.1. The number of Topliss-reactive ketones (excluding diaryl/α,β-unsaturated/α-hetero) is 1. The highest BCUT2D eigenvalue weighted by molar-refractivity contribution is 6.05. The Kier molecular flexibility index (Phi) is 28.5. The van der Waals surface area contributed by atoms with Crippen LogP contribution in [0.3, 0.4) is 0 Å². The van der Waals surface area contributed by atoms with E-state index >= 15 is 0 Å². The van der Waals surface area contributed by atoms with Crippen molar-refractivity contribution in [2.24, 2.45) is 0 Å². The summed E-state index contributed by atoms with van der Waals surface area (Å²) < 4.78 is 0. The Hall–Kier alpha value is -1.39. The van der Waals surface area contributed by atoms with Crippen molar-refractivity contribution in [3.8, 4) is 0 Å². The van der Waals surface area contributed by atoms with E-state index < -0.39 is 12.0 Å². The van der Waals surface area contributed by atoms with Crippen LogP contribution in [0.25, 0.3) is 0 Å². The zero-order chi connectivity index (χ0) is 28.8. The van der Waals surface area contributed by atoms with Gasteiger partial charge in [-0.25, -0.2) is 4.79 Å². The number of carboxylic acid groups (broad SMARTS) is 1. The van der Waals surface area contributed by atoms with Crippen LogP contribution >= 0.6 is 0 Å². The molecule has 0 heterocycles. The monoisotopic (exact) mass is 551 g/mol. The maximum absolute atomic E-state index is 12.4. The van der Waals surface area contributed by atoms with Gasteiger partial charge in [-0.2, -0.15) is 0 Å². The van der Waals surface area contributed by atoms with Gasteiger partial charge in [-0.3, -0.25) is 9.59 Å². The van der Waals surface area contributed by atoms with Gasteiger partial charge in [-0.15, -0.1) is 0 Å². The molecule has 0 aliphatic rings. The second kappa shape index (κ2) is 29.6. The summed E-state index contributed by atoms with van der Waals surface area (Å²) in [5.74, 6) is -1.93. The molecule has 0 aromatic rings. The molecule has 0 aliphatic heterocycles. The summed E-state index contributed by atoms with van der Waals surface area (Å²) in [6.07, 6.45) is 32.5. The Labute approximate surface area is 242 Å². The van der Waals surface area contributed by atoms with Crippen LogP contribution in [0.5, 0.6) is 0 Å². The predicted molar refractivity (Wildman–Crippen MR) is 165 cm³/mol. The van der Waals surface area contributed by atoms with Gasteiger partial charge in [0.2, 0.25) is 5.91 Å². The minimum atomic E-state index is -1.39. The normalized spacial score (nSPS) is 11.9. The third-order valence-electron chi connectivity index (χ3n) is 7.91. The standard InChI is InChI=1S/C34H65NO4/c1-3-5-7-9-11-13-15-17-19-21-23-25-27-29-31(36)33(34(38)39)35-32(37)30-28-26-24-22-20-18-16-14-12-10-8-6-4-2/h33H,3-30H2,1-2H3,(H,35,37)(H,38,39). The highest BCUT2D eigenvalue weighted by atomic mass is 16.4. The molecule has 0 bridgehead atoms. The van der Waals surface area contributed by atoms with E-state index in [2.05, 4.69) is 19.2 Å². The molecular formula is C34H65NO4. The summed E-state index contributed by atoms with van der Waals surface area (Å²) in [4.78, 5) is 36.2. The minimum Gasteiger partial charge on any atom is -0.479 e. The fourth-order valence-electron chi connectivity index (χ4n) is 5.28. The lowest BCUT2D eigenvalue weighted by Crippen LogP contribution is -2.46. The first-order chi connectivity index (χ1) is 19.0. The van der Waals surface area contributed by atoms with Crippen LogP contribution in [0.4, 0.5) is 0 Å². The van der Waals surface area contributed by atoms with Crippen LogP contribution in [0, 0.1) is 0 Å². The number of rotatable bonds is 31. The van der Waals surface area contributed by atoms with E-state index in [4.69, 9.17) is 0 Å². The summed E-state index contributed by atoms with van der Waals surface area (Å²) >= 11 is 0. The number of carbonyl (C=O) groups is 3. The zero-order valence-electron chi connectivity index (χ0n) is 26.0. The van der Waals surface area contributed by atoms with Crippen molar-refractivity contribution in [1.82, 2.24) is 5.32 Å². The molecule has 0 spiro atoms. The van der Waals surface area contributed by atoms with Crippen molar-refractivity contribution < 1.29 is 19.5 Å². The van der Waals surface area contributed by atoms with Crippen LogP contribution in [0.2, 0.25) is 0 Å². The molecule has 0 saturated carbocycles. The van der Waals surface area contributed by atoms with E-state index in [0.29, 0.717) is 12.8 Å². The molecule has 5 nitrogen and oxygen atoms in total. The first kappa shape index (κ1) is 37.6. The Morgan fingerprint density at radius 1 is 0.462 bits per heavy atom. The predicted octanol–water partition coefficient (Wildman–Crippen LogP) is 10.1. The summed E-state index contributed by atoms with van der Waals surface area (Å²) in [6.45, 7) is 4.50. The van der Waals surface area contributed by atoms with Crippen molar-refractivity contribution in [2.45, 2.75) is 200 Å². The first-order valence-electron chi connectivity index (χ1n) is 17.1. The fourth-order valence-corrected chi connectivity index (χ4v) is 5.28. The maximum Gasteiger partial charge on any atom is 0.334 e. The van der Waals surface area contributed by atoms with Crippen molar-refractivity contribution in [2.75, 3.05) is 0 Å². The van der Waals surface area contributed by atoms with Gasteiger partial charge in [0.25, 0.3) is 0 Å². The Bertz CT molecular complexity index is 578. The van der Waals surface area contributed by atoms with Crippen LogP contribution in [-0.2, 0) is 14.4 Å². The second-order valence-corrected chi connectivity index (χ2v) is 11.8. The summed E-state index contributed by atoms with van der Waals surface area (Å²) in [5, 5.41) is 11.9. The Morgan fingerprint density at radius 2 is 0.744 bits per heavy atom. The average Bonchev–Trinajstić information content (AvgIpc) is 2.92. The molecule has 0 saturated heterocycles. The summed E-state index contributed by atoms with van der Waals surface area (Å²) in [7, 11) is 0. The van der Waals surface area contributed by atoms with Crippen molar-refractivity contribution >= 4 is 17.7 Å². The SMILES string of the molecule is CCCCCCCCCCCCCCCC(=O)NC(C(=O)O)C(=O)CCCCCCCCCCCCCCC. The van der Waals surface area contributed by atoms with Gasteiger partial charge in [0, 0.05) is 12.8 Å². The van der Waals surface area contributed by atoms with Gasteiger partial charge < -0.3 is 10.4 Å². The topological polar surface area (TPSA) is 83.5 Å². The number of nitrogens with one attached hydrogen (secondary N) is 1. The van der Waals surface area contributed by atoms with Crippen molar-refractivity contribution in [3.05, 3.63) is 0 Å². The van der Waals surface area contributed by atoms with E-state index in [9.17, 15) is 19.5 Å². The van der Waals surface area contributed by atoms with Gasteiger partial charge in [0.15, 0.2) is 11.8 Å². The van der Waals surface area contributed by atoms with Crippen LogP contribution in [-0.4, -0.2) is 28.8 Å². The third-order valence-corrected chi connectivity index (χ3v) is 7.91. The maximum atomic E-state index is 12.4. The molecule has 1 atom stereocenters. The molecule has 0 rings (SSSR count). The molecule has 0 aliphatic carbocycles.